The number of hydrogen-bond acceptors (Lipinski definition) is 4. The number of amides is 2. The highest BCUT2D eigenvalue weighted by Gasteiger charge is 2.33. The van der Waals surface area contributed by atoms with Gasteiger partial charge in [-0.1, -0.05) is 73.8 Å². The van der Waals surface area contributed by atoms with Gasteiger partial charge in [0, 0.05) is 13.1 Å². The summed E-state index contributed by atoms with van der Waals surface area (Å²) in [7, 11) is -4.23. The van der Waals surface area contributed by atoms with Crippen LogP contribution >= 0.6 is 23.2 Å². The predicted molar refractivity (Wildman–Crippen MR) is 156 cm³/mol. The van der Waals surface area contributed by atoms with Gasteiger partial charge in [-0.3, -0.25) is 13.9 Å². The van der Waals surface area contributed by atoms with Gasteiger partial charge in [0.1, 0.15) is 18.4 Å². The summed E-state index contributed by atoms with van der Waals surface area (Å²) in [6, 6.07) is 16.7. The van der Waals surface area contributed by atoms with E-state index in [4.69, 9.17) is 23.2 Å². The van der Waals surface area contributed by atoms with Crippen molar-refractivity contribution in [1.29, 1.82) is 0 Å². The first kappa shape index (κ1) is 31.4. The number of sulfonamides is 1. The largest absolute Gasteiger partial charge is 0.354 e. The van der Waals surface area contributed by atoms with Crippen LogP contribution in [0.4, 0.5) is 10.1 Å². The Labute approximate surface area is 244 Å². The molecule has 3 aromatic carbocycles. The molecule has 0 aliphatic heterocycles. The number of nitrogens with one attached hydrogen (secondary N) is 1. The highest BCUT2D eigenvalue weighted by Crippen LogP contribution is 2.31. The molecule has 0 aromatic heterocycles. The molecule has 1 unspecified atom stereocenters. The van der Waals surface area contributed by atoms with Gasteiger partial charge in [-0.25, -0.2) is 12.8 Å². The molecule has 3 aromatic rings. The van der Waals surface area contributed by atoms with Gasteiger partial charge >= 0.3 is 0 Å². The van der Waals surface area contributed by atoms with Crippen molar-refractivity contribution in [3.05, 3.63) is 94.2 Å². The second-order valence-electron chi connectivity index (χ2n) is 9.14. The average molecular weight is 609 g/mol. The van der Waals surface area contributed by atoms with E-state index in [1.165, 1.54) is 59.5 Å². The van der Waals surface area contributed by atoms with Crippen molar-refractivity contribution >= 4 is 50.7 Å². The zero-order valence-electron chi connectivity index (χ0n) is 22.3. The molecule has 1 N–H and O–H groups in total. The van der Waals surface area contributed by atoms with Gasteiger partial charge in [0.2, 0.25) is 11.8 Å². The van der Waals surface area contributed by atoms with Crippen molar-refractivity contribution in [2.75, 3.05) is 17.4 Å². The van der Waals surface area contributed by atoms with E-state index in [0.29, 0.717) is 12.1 Å². The van der Waals surface area contributed by atoms with Gasteiger partial charge in [-0.05, 0) is 60.9 Å². The topological polar surface area (TPSA) is 86.8 Å². The van der Waals surface area contributed by atoms with Gasteiger partial charge in [-0.15, -0.1) is 0 Å². The van der Waals surface area contributed by atoms with Crippen molar-refractivity contribution in [3.63, 3.8) is 0 Å². The zero-order valence-corrected chi connectivity index (χ0v) is 24.6. The Kier molecular flexibility index (Phi) is 11.4. The third-order valence-electron chi connectivity index (χ3n) is 6.28. The Morgan fingerprint density at radius 3 is 2.23 bits per heavy atom. The number of anilines is 1. The Hall–Kier alpha value is -3.14. The lowest BCUT2D eigenvalue weighted by Crippen LogP contribution is -2.52. The Bertz CT molecular complexity index is 1410. The van der Waals surface area contributed by atoms with Crippen molar-refractivity contribution < 1.29 is 22.4 Å². The minimum Gasteiger partial charge on any atom is -0.354 e. The maximum absolute atomic E-state index is 14.0. The van der Waals surface area contributed by atoms with Crippen LogP contribution in [0.2, 0.25) is 10.0 Å². The molecule has 40 heavy (non-hydrogen) atoms. The lowest BCUT2D eigenvalue weighted by molar-refractivity contribution is -0.140. The minimum absolute atomic E-state index is 0.0247. The molecule has 7 nitrogen and oxygen atoms in total. The number of benzene rings is 3. The van der Waals surface area contributed by atoms with E-state index in [1.54, 1.807) is 25.1 Å². The summed E-state index contributed by atoms with van der Waals surface area (Å²) in [5, 5.41) is 3.20. The van der Waals surface area contributed by atoms with E-state index in [9.17, 15) is 22.4 Å². The first-order valence-corrected chi connectivity index (χ1v) is 15.1. The lowest BCUT2D eigenvalue weighted by atomic mass is 10.1. The molecular formula is C29H32Cl2FN3O4S. The first-order chi connectivity index (χ1) is 19.1. The number of rotatable bonds is 13. The number of unbranched alkanes of at least 4 members (excludes halogenated alkanes) is 1. The molecule has 0 fully saturated rings. The molecule has 0 aliphatic rings. The van der Waals surface area contributed by atoms with E-state index in [0.717, 1.165) is 17.1 Å². The van der Waals surface area contributed by atoms with Crippen molar-refractivity contribution in [3.8, 4) is 0 Å². The Balaban J connectivity index is 2.04. The summed E-state index contributed by atoms with van der Waals surface area (Å²) in [5.74, 6) is -1.41. The summed E-state index contributed by atoms with van der Waals surface area (Å²) >= 11 is 12.3. The number of hydrogen-bond donors (Lipinski definition) is 1. The van der Waals surface area contributed by atoms with E-state index in [1.807, 2.05) is 6.92 Å². The standard InChI is InChI=1S/C29H32Cl2FN3O4S/c1-3-5-17-33-29(37)27(4-2)34(19-21-11-13-22(32)14-12-21)28(36)20-35(23-15-16-25(30)26(31)18-23)40(38,39)24-9-7-6-8-10-24/h6-16,18,27H,3-5,17,19-20H2,1-2H3,(H,33,37). The number of halogens is 3. The Morgan fingerprint density at radius 1 is 0.950 bits per heavy atom. The molecule has 2 amide bonds. The quantitative estimate of drug-likeness (QED) is 0.240. The van der Waals surface area contributed by atoms with Crippen LogP contribution in [0, 0.1) is 5.82 Å². The fraction of sp³-hybridized carbons (Fsp3) is 0.310. The molecule has 0 heterocycles. The molecule has 0 saturated carbocycles. The van der Waals surface area contributed by atoms with Crippen LogP contribution < -0.4 is 9.62 Å². The van der Waals surface area contributed by atoms with Gasteiger partial charge in [0.05, 0.1) is 20.6 Å². The van der Waals surface area contributed by atoms with Gasteiger partial charge < -0.3 is 10.2 Å². The van der Waals surface area contributed by atoms with E-state index < -0.39 is 34.3 Å². The number of carbonyl (C=O) groups is 2. The second-order valence-corrected chi connectivity index (χ2v) is 11.8. The number of carbonyl (C=O) groups excluding carboxylic acids is 2. The van der Waals surface area contributed by atoms with E-state index in [2.05, 4.69) is 5.32 Å². The SMILES string of the molecule is CCCCNC(=O)C(CC)N(Cc1ccc(F)cc1)C(=O)CN(c1ccc(Cl)c(Cl)c1)S(=O)(=O)c1ccccc1. The van der Waals surface area contributed by atoms with Gasteiger partial charge in [0.15, 0.2) is 0 Å². The molecule has 0 aliphatic carbocycles. The van der Waals surface area contributed by atoms with Crippen LogP contribution in [0.15, 0.2) is 77.7 Å². The van der Waals surface area contributed by atoms with E-state index in [-0.39, 0.29) is 39.5 Å². The van der Waals surface area contributed by atoms with Gasteiger partial charge in [-0.2, -0.15) is 0 Å². The highest BCUT2D eigenvalue weighted by atomic mass is 35.5. The summed E-state index contributed by atoms with van der Waals surface area (Å²) in [4.78, 5) is 28.4. The van der Waals surface area contributed by atoms with E-state index >= 15 is 0 Å². The van der Waals surface area contributed by atoms with Crippen LogP contribution in [0.25, 0.3) is 0 Å². The molecule has 1 atom stereocenters. The highest BCUT2D eigenvalue weighted by molar-refractivity contribution is 7.92. The van der Waals surface area contributed by atoms with Crippen LogP contribution in [0.3, 0.4) is 0 Å². The van der Waals surface area contributed by atoms with Crippen LogP contribution in [0.1, 0.15) is 38.7 Å². The fourth-order valence-corrected chi connectivity index (χ4v) is 5.82. The van der Waals surface area contributed by atoms with Crippen LogP contribution in [-0.4, -0.2) is 44.3 Å². The lowest BCUT2D eigenvalue weighted by Gasteiger charge is -2.33. The first-order valence-electron chi connectivity index (χ1n) is 12.9. The molecule has 11 heteroatoms. The van der Waals surface area contributed by atoms with Gasteiger partial charge in [0.25, 0.3) is 10.0 Å². The maximum atomic E-state index is 14.0. The molecule has 214 valence electrons. The van der Waals surface area contributed by atoms with Crippen molar-refractivity contribution in [2.24, 2.45) is 0 Å². The smallest absolute Gasteiger partial charge is 0.264 e. The molecule has 0 saturated heterocycles. The monoisotopic (exact) mass is 607 g/mol. The summed E-state index contributed by atoms with van der Waals surface area (Å²) in [6.07, 6.45) is 1.93. The summed E-state index contributed by atoms with van der Waals surface area (Å²) < 4.78 is 42.1. The van der Waals surface area contributed by atoms with Crippen LogP contribution in [0.5, 0.6) is 0 Å². The average Bonchev–Trinajstić information content (AvgIpc) is 2.94. The predicted octanol–water partition coefficient (Wildman–Crippen LogP) is 6.05. The molecule has 0 spiro atoms. The van der Waals surface area contributed by atoms with Crippen molar-refractivity contribution in [2.45, 2.75) is 50.6 Å². The molecule has 3 rings (SSSR count). The summed E-state index contributed by atoms with van der Waals surface area (Å²) in [5.41, 5.74) is 0.718. The third kappa shape index (κ3) is 7.96. The maximum Gasteiger partial charge on any atom is 0.264 e. The molecular weight excluding hydrogens is 576 g/mol. The van der Waals surface area contributed by atoms with Crippen molar-refractivity contribution in [1.82, 2.24) is 10.2 Å². The second kappa shape index (κ2) is 14.5. The summed E-state index contributed by atoms with van der Waals surface area (Å²) in [6.45, 7) is 3.57. The fourth-order valence-electron chi connectivity index (χ4n) is 4.10. The van der Waals surface area contributed by atoms with Crippen LogP contribution in [-0.2, 0) is 26.2 Å². The molecule has 0 bridgehead atoms. The zero-order chi connectivity index (χ0) is 29.3. The molecule has 0 radical (unpaired) electrons. The minimum atomic E-state index is -4.23. The normalized spacial score (nSPS) is 12.0. The number of nitrogens with zero attached hydrogens (tertiary/aromatic N) is 2. The Morgan fingerprint density at radius 2 is 1.62 bits per heavy atom. The third-order valence-corrected chi connectivity index (χ3v) is 8.81.